The lowest BCUT2D eigenvalue weighted by Gasteiger charge is -2.49. The fourth-order valence-corrected chi connectivity index (χ4v) is 5.19. The van der Waals surface area contributed by atoms with Crippen LogP contribution in [0.1, 0.15) is 75.8 Å². The molecule has 0 radical (unpaired) electrons. The summed E-state index contributed by atoms with van der Waals surface area (Å²) < 4.78 is 1.70. The molecule has 4 rings (SSSR count). The fourth-order valence-electron chi connectivity index (χ4n) is 5.19. The molecule has 0 aliphatic carbocycles. The van der Waals surface area contributed by atoms with Crippen molar-refractivity contribution >= 4 is 17.0 Å². The molecule has 1 aromatic carbocycles. The first kappa shape index (κ1) is 20.6. The maximum absolute atomic E-state index is 13.1. The van der Waals surface area contributed by atoms with Gasteiger partial charge in [0.2, 0.25) is 5.69 Å². The van der Waals surface area contributed by atoms with Crippen LogP contribution in [0.2, 0.25) is 0 Å². The molecule has 0 spiro atoms. The number of carbonyl (C=O) groups is 1. The van der Waals surface area contributed by atoms with E-state index < -0.39 is 11.5 Å². The molecule has 1 fully saturated rings. The number of allylic oxidation sites excluding steroid dienone is 2. The van der Waals surface area contributed by atoms with E-state index in [4.69, 9.17) is 0 Å². The molecule has 1 saturated heterocycles. The molecule has 0 amide bonds. The number of rotatable bonds is 6. The maximum Gasteiger partial charge on any atom is 0.360 e. The highest BCUT2D eigenvalue weighted by molar-refractivity contribution is 5.88. The molecule has 1 N–H and O–H groups in total. The molecule has 2 aliphatic heterocycles. The highest BCUT2D eigenvalue weighted by Crippen LogP contribution is 2.41. The van der Waals surface area contributed by atoms with Gasteiger partial charge in [-0.2, -0.15) is 0 Å². The van der Waals surface area contributed by atoms with Gasteiger partial charge in [0.25, 0.3) is 5.56 Å². The number of para-hydroxylation sites is 2. The molecular weight excluding hydrogens is 378 g/mol. The van der Waals surface area contributed by atoms with Gasteiger partial charge in [-0.15, -0.1) is 0 Å². The second-order valence-electron chi connectivity index (χ2n) is 9.18. The van der Waals surface area contributed by atoms with Crippen LogP contribution in [0.15, 0.2) is 40.8 Å². The van der Waals surface area contributed by atoms with E-state index >= 15 is 0 Å². The maximum atomic E-state index is 13.1. The third kappa shape index (κ3) is 3.75. The van der Waals surface area contributed by atoms with E-state index in [0.717, 1.165) is 37.6 Å². The number of carboxylic acid groups (broad SMARTS) is 1. The number of benzene rings is 1. The topological polar surface area (TPSA) is 75.4 Å². The van der Waals surface area contributed by atoms with Gasteiger partial charge in [-0.1, -0.05) is 32.1 Å². The zero-order chi connectivity index (χ0) is 21.4. The smallest absolute Gasteiger partial charge is 0.360 e. The number of fused-ring (bicyclic) bond motifs is 3. The lowest BCUT2D eigenvalue weighted by molar-refractivity contribution is 0.0686. The first-order chi connectivity index (χ1) is 14.4. The van der Waals surface area contributed by atoms with E-state index in [1.807, 2.05) is 18.2 Å². The molecule has 6 nitrogen and oxygen atoms in total. The zero-order valence-corrected chi connectivity index (χ0v) is 18.0. The summed E-state index contributed by atoms with van der Waals surface area (Å²) in [7, 11) is 0. The van der Waals surface area contributed by atoms with E-state index in [0.29, 0.717) is 23.5 Å². The second-order valence-corrected chi connectivity index (χ2v) is 9.18. The number of carboxylic acids is 1. The van der Waals surface area contributed by atoms with Crippen LogP contribution in [0.5, 0.6) is 0 Å². The van der Waals surface area contributed by atoms with Crippen molar-refractivity contribution in [2.75, 3.05) is 0 Å². The van der Waals surface area contributed by atoms with Gasteiger partial charge in [0.05, 0.1) is 11.0 Å². The van der Waals surface area contributed by atoms with Crippen LogP contribution in [0.25, 0.3) is 11.0 Å². The van der Waals surface area contributed by atoms with Gasteiger partial charge < -0.3 is 14.6 Å². The minimum Gasteiger partial charge on any atom is -0.476 e. The van der Waals surface area contributed by atoms with Crippen molar-refractivity contribution in [3.63, 3.8) is 0 Å². The van der Waals surface area contributed by atoms with Crippen molar-refractivity contribution in [3.05, 3.63) is 52.1 Å². The lowest BCUT2D eigenvalue weighted by atomic mass is 9.85. The Balaban J connectivity index is 1.71. The second kappa shape index (κ2) is 8.25. The average Bonchev–Trinajstić information content (AvgIpc) is 2.70. The first-order valence-electron chi connectivity index (χ1n) is 11.1. The predicted octanol–water partition coefficient (Wildman–Crippen LogP) is 4.60. The Labute approximate surface area is 177 Å². The van der Waals surface area contributed by atoms with Crippen molar-refractivity contribution in [1.29, 1.82) is 0 Å². The number of hydrogen-bond donors (Lipinski definition) is 1. The normalized spacial score (nSPS) is 22.3. The van der Waals surface area contributed by atoms with Crippen LogP contribution < -0.4 is 5.56 Å². The summed E-state index contributed by atoms with van der Waals surface area (Å²) in [6.07, 6.45) is 8.46. The Kier molecular flexibility index (Phi) is 5.67. The van der Waals surface area contributed by atoms with E-state index in [1.54, 1.807) is 10.6 Å². The SMILES string of the molecule is CC(C)CCC(C)N1C2=CCC[C@H]1C[C@@H](n1c(=O)c(C(=O)O)nc3ccccc31)C2. The van der Waals surface area contributed by atoms with Crippen LogP contribution in [0.3, 0.4) is 0 Å². The lowest BCUT2D eigenvalue weighted by Crippen LogP contribution is -2.49. The standard InChI is InChI=1S/C24H31N3O3/c1-15(2)11-12-16(3)26-17-7-6-8-18(26)14-19(13-17)27-21-10-5-4-9-20(21)25-22(23(27)28)24(29)30/h4-5,7,9-10,15-16,18-19H,6,8,11-14H2,1-3H3,(H,29,30)/t16?,18-,19-/m0/s1. The van der Waals surface area contributed by atoms with Gasteiger partial charge in [-0.3, -0.25) is 4.79 Å². The molecule has 160 valence electrons. The molecule has 3 atom stereocenters. The number of piperidine rings is 1. The van der Waals surface area contributed by atoms with Gasteiger partial charge in [0, 0.05) is 30.2 Å². The van der Waals surface area contributed by atoms with Crippen molar-refractivity contribution < 1.29 is 9.90 Å². The Morgan fingerprint density at radius 3 is 2.67 bits per heavy atom. The van der Waals surface area contributed by atoms with Crippen molar-refractivity contribution in [3.8, 4) is 0 Å². The van der Waals surface area contributed by atoms with E-state index in [9.17, 15) is 14.7 Å². The van der Waals surface area contributed by atoms with Crippen molar-refractivity contribution in [1.82, 2.24) is 14.5 Å². The molecule has 0 saturated carbocycles. The van der Waals surface area contributed by atoms with Crippen LogP contribution in [-0.2, 0) is 0 Å². The van der Waals surface area contributed by atoms with Crippen molar-refractivity contribution in [2.45, 2.75) is 77.4 Å². The minimum absolute atomic E-state index is 0.0476. The van der Waals surface area contributed by atoms with Crippen LogP contribution in [0, 0.1) is 5.92 Å². The summed E-state index contributed by atoms with van der Waals surface area (Å²) in [5.74, 6) is -0.575. The zero-order valence-electron chi connectivity index (χ0n) is 18.0. The summed E-state index contributed by atoms with van der Waals surface area (Å²) in [5.41, 5.74) is 1.70. The summed E-state index contributed by atoms with van der Waals surface area (Å²) in [6, 6.07) is 8.17. The summed E-state index contributed by atoms with van der Waals surface area (Å²) in [6.45, 7) is 6.84. The van der Waals surface area contributed by atoms with Crippen molar-refractivity contribution in [2.24, 2.45) is 5.92 Å². The average molecular weight is 410 g/mol. The Morgan fingerprint density at radius 2 is 1.97 bits per heavy atom. The quantitative estimate of drug-likeness (QED) is 0.754. The summed E-state index contributed by atoms with van der Waals surface area (Å²) in [5, 5.41) is 9.53. The number of hydrogen-bond acceptors (Lipinski definition) is 4. The molecule has 1 aromatic heterocycles. The van der Waals surface area contributed by atoms with Gasteiger partial charge in [0.1, 0.15) is 0 Å². The van der Waals surface area contributed by atoms with Gasteiger partial charge in [-0.05, 0) is 57.1 Å². The number of aromatic carboxylic acids is 1. The van der Waals surface area contributed by atoms with Crippen LogP contribution in [0.4, 0.5) is 0 Å². The number of nitrogens with zero attached hydrogens (tertiary/aromatic N) is 3. The molecule has 6 heteroatoms. The largest absolute Gasteiger partial charge is 0.476 e. The molecule has 2 aromatic rings. The Bertz CT molecular complexity index is 1040. The molecule has 1 unspecified atom stereocenters. The third-order valence-electron chi connectivity index (χ3n) is 6.59. The van der Waals surface area contributed by atoms with E-state index in [2.05, 4.69) is 36.7 Å². The fraction of sp³-hybridized carbons (Fsp3) is 0.542. The molecule has 2 aliphatic rings. The molecule has 2 bridgehead atoms. The number of aromatic nitrogens is 2. The van der Waals surface area contributed by atoms with Gasteiger partial charge >= 0.3 is 5.97 Å². The van der Waals surface area contributed by atoms with E-state index in [-0.39, 0.29) is 11.7 Å². The highest BCUT2D eigenvalue weighted by atomic mass is 16.4. The molecule has 30 heavy (non-hydrogen) atoms. The Morgan fingerprint density at radius 1 is 1.20 bits per heavy atom. The summed E-state index contributed by atoms with van der Waals surface area (Å²) >= 11 is 0. The summed E-state index contributed by atoms with van der Waals surface area (Å²) in [4.78, 5) is 31.5. The minimum atomic E-state index is -1.27. The molecular formula is C24H31N3O3. The highest BCUT2D eigenvalue weighted by Gasteiger charge is 2.37. The van der Waals surface area contributed by atoms with Gasteiger partial charge in [0.15, 0.2) is 0 Å². The van der Waals surface area contributed by atoms with Gasteiger partial charge in [-0.25, -0.2) is 9.78 Å². The first-order valence-corrected chi connectivity index (χ1v) is 11.1. The van der Waals surface area contributed by atoms with E-state index in [1.165, 1.54) is 12.1 Å². The molecule has 3 heterocycles. The van der Waals surface area contributed by atoms with Crippen LogP contribution >= 0.6 is 0 Å². The third-order valence-corrected chi connectivity index (χ3v) is 6.59. The predicted molar refractivity (Wildman–Crippen MR) is 118 cm³/mol. The van der Waals surface area contributed by atoms with Crippen LogP contribution in [-0.4, -0.2) is 37.6 Å². The Hall–Kier alpha value is -2.63. The monoisotopic (exact) mass is 409 g/mol.